The molecule has 12 rings (SSSR count). The molecule has 266 valence electrons. The number of fused-ring (bicyclic) bond motifs is 10. The number of rotatable bonds is 5. The maximum Gasteiger partial charge on any atom is 0.238 e. The van der Waals surface area contributed by atoms with E-state index in [0.29, 0.717) is 17.6 Å². The maximum atomic E-state index is 6.67. The van der Waals surface area contributed by atoms with Crippen molar-refractivity contribution in [1.82, 2.24) is 24.1 Å². The molecule has 6 heteroatoms. The molecule has 0 atom stereocenters. The molecule has 0 amide bonds. The fourth-order valence-electron chi connectivity index (χ4n) is 8.64. The number of furan rings is 1. The summed E-state index contributed by atoms with van der Waals surface area (Å²) in [5.41, 5.74) is 11.1. The first-order valence-corrected chi connectivity index (χ1v) is 19.1. The Kier molecular flexibility index (Phi) is 6.83. The average molecular weight is 730 g/mol. The Morgan fingerprint density at radius 2 is 0.912 bits per heavy atom. The SMILES string of the molecule is c1ccc(-c2ccc(-c3nc(-c4ccccc4)nc(-n4c5ccccc5c5c4ccc4c6ccccc6n(-c6cccc7c6oc6ccccc67)c45)n3)cc2)cc1. The van der Waals surface area contributed by atoms with Crippen LogP contribution in [0.1, 0.15) is 0 Å². The van der Waals surface area contributed by atoms with Gasteiger partial charge in [0, 0.05) is 43.4 Å². The zero-order valence-corrected chi connectivity index (χ0v) is 30.5. The summed E-state index contributed by atoms with van der Waals surface area (Å²) in [6.45, 7) is 0. The minimum absolute atomic E-state index is 0.554. The van der Waals surface area contributed by atoms with Crippen LogP contribution in [0.25, 0.3) is 111 Å². The van der Waals surface area contributed by atoms with E-state index in [0.717, 1.165) is 88.1 Å². The van der Waals surface area contributed by atoms with Crippen LogP contribution in [0, 0.1) is 0 Å². The highest BCUT2D eigenvalue weighted by molar-refractivity contribution is 6.26. The van der Waals surface area contributed by atoms with Gasteiger partial charge in [-0.05, 0) is 41.5 Å². The normalized spacial score (nSPS) is 11.9. The second kappa shape index (κ2) is 12.3. The van der Waals surface area contributed by atoms with Crippen molar-refractivity contribution in [3.8, 4) is 45.5 Å². The predicted octanol–water partition coefficient (Wildman–Crippen LogP) is 13.0. The summed E-state index contributed by atoms with van der Waals surface area (Å²) in [6, 6.07) is 65.4. The smallest absolute Gasteiger partial charge is 0.238 e. The van der Waals surface area contributed by atoms with E-state index in [1.54, 1.807) is 0 Å². The fourth-order valence-corrected chi connectivity index (χ4v) is 8.64. The third-order valence-electron chi connectivity index (χ3n) is 11.2. The quantitative estimate of drug-likeness (QED) is 0.177. The second-order valence-electron chi connectivity index (χ2n) is 14.4. The third kappa shape index (κ3) is 4.81. The molecule has 0 fully saturated rings. The predicted molar refractivity (Wildman–Crippen MR) is 232 cm³/mol. The first-order valence-electron chi connectivity index (χ1n) is 19.1. The van der Waals surface area contributed by atoms with E-state index in [2.05, 4.69) is 149 Å². The molecule has 0 aliphatic rings. The molecular formula is C51H31N5O. The largest absolute Gasteiger partial charge is 0.454 e. The molecule has 4 aromatic heterocycles. The van der Waals surface area contributed by atoms with Crippen molar-refractivity contribution in [2.24, 2.45) is 0 Å². The number of nitrogens with zero attached hydrogens (tertiary/aromatic N) is 5. The molecule has 0 N–H and O–H groups in total. The zero-order chi connectivity index (χ0) is 37.5. The van der Waals surface area contributed by atoms with Gasteiger partial charge in [0.1, 0.15) is 5.58 Å². The monoisotopic (exact) mass is 729 g/mol. The molecule has 0 radical (unpaired) electrons. The zero-order valence-electron chi connectivity index (χ0n) is 30.5. The molecule has 0 unspecified atom stereocenters. The van der Waals surface area contributed by atoms with Crippen molar-refractivity contribution in [3.63, 3.8) is 0 Å². The van der Waals surface area contributed by atoms with Crippen LogP contribution in [-0.4, -0.2) is 24.1 Å². The van der Waals surface area contributed by atoms with Gasteiger partial charge in [0.2, 0.25) is 5.95 Å². The molecule has 0 saturated carbocycles. The molecule has 0 saturated heterocycles. The Morgan fingerprint density at radius 1 is 0.351 bits per heavy atom. The summed E-state index contributed by atoms with van der Waals surface area (Å²) >= 11 is 0. The Hall–Kier alpha value is -7.83. The molecular weight excluding hydrogens is 699 g/mol. The summed E-state index contributed by atoms with van der Waals surface area (Å²) in [5, 5.41) is 6.75. The standard InChI is InChI=1S/C51H31N5O/c1-3-14-32(15-4-1)33-26-28-35(29-27-33)50-52-49(34-16-5-2-6-17-34)53-51(54-50)56-42-23-11-8-20-40(42)46-43(56)31-30-38-36-18-7-10-22-41(36)55(47(38)46)44-24-13-21-39-37-19-9-12-25-45(37)57-48(39)44/h1-31H. The van der Waals surface area contributed by atoms with Crippen LogP contribution >= 0.6 is 0 Å². The van der Waals surface area contributed by atoms with Gasteiger partial charge in [-0.2, -0.15) is 9.97 Å². The fraction of sp³-hybridized carbons (Fsp3) is 0. The highest BCUT2D eigenvalue weighted by Crippen LogP contribution is 2.43. The summed E-state index contributed by atoms with van der Waals surface area (Å²) in [4.78, 5) is 15.6. The van der Waals surface area contributed by atoms with Crippen LogP contribution in [0.2, 0.25) is 0 Å². The van der Waals surface area contributed by atoms with Crippen LogP contribution in [-0.2, 0) is 0 Å². The van der Waals surface area contributed by atoms with Crippen molar-refractivity contribution in [2.75, 3.05) is 0 Å². The van der Waals surface area contributed by atoms with Crippen molar-refractivity contribution >= 4 is 65.6 Å². The Labute approximate surface area is 326 Å². The molecule has 6 nitrogen and oxygen atoms in total. The lowest BCUT2D eigenvalue weighted by atomic mass is 10.0. The van der Waals surface area contributed by atoms with E-state index < -0.39 is 0 Å². The summed E-state index contributed by atoms with van der Waals surface area (Å²) in [7, 11) is 0. The average Bonchev–Trinajstić information content (AvgIpc) is 3.95. The van der Waals surface area contributed by atoms with E-state index in [1.807, 2.05) is 48.5 Å². The summed E-state index contributed by atoms with van der Waals surface area (Å²) < 4.78 is 11.3. The molecule has 12 aromatic rings. The van der Waals surface area contributed by atoms with Gasteiger partial charge >= 0.3 is 0 Å². The van der Waals surface area contributed by atoms with Gasteiger partial charge < -0.3 is 8.98 Å². The van der Waals surface area contributed by atoms with E-state index in [9.17, 15) is 0 Å². The molecule has 57 heavy (non-hydrogen) atoms. The highest BCUT2D eigenvalue weighted by Gasteiger charge is 2.24. The Bertz CT molecular complexity index is 3510. The van der Waals surface area contributed by atoms with Crippen LogP contribution in [0.5, 0.6) is 0 Å². The van der Waals surface area contributed by atoms with Gasteiger partial charge in [-0.1, -0.05) is 158 Å². The number of aromatic nitrogens is 5. The lowest BCUT2D eigenvalue weighted by molar-refractivity contribution is 0.666. The van der Waals surface area contributed by atoms with Gasteiger partial charge in [0.25, 0.3) is 0 Å². The first-order chi connectivity index (χ1) is 28.3. The summed E-state index contributed by atoms with van der Waals surface area (Å²) in [5.74, 6) is 1.77. The second-order valence-corrected chi connectivity index (χ2v) is 14.4. The molecule has 0 spiro atoms. The summed E-state index contributed by atoms with van der Waals surface area (Å²) in [6.07, 6.45) is 0. The van der Waals surface area contributed by atoms with Crippen LogP contribution in [0.3, 0.4) is 0 Å². The van der Waals surface area contributed by atoms with Gasteiger partial charge in [-0.3, -0.25) is 4.57 Å². The van der Waals surface area contributed by atoms with E-state index in [1.165, 1.54) is 5.39 Å². The van der Waals surface area contributed by atoms with Crippen molar-refractivity contribution in [1.29, 1.82) is 0 Å². The van der Waals surface area contributed by atoms with Gasteiger partial charge in [-0.25, -0.2) is 4.98 Å². The molecule has 0 aliphatic heterocycles. The molecule has 0 aliphatic carbocycles. The number of hydrogen-bond donors (Lipinski definition) is 0. The van der Waals surface area contributed by atoms with Crippen molar-refractivity contribution in [2.45, 2.75) is 0 Å². The van der Waals surface area contributed by atoms with Gasteiger partial charge in [0.05, 0.1) is 27.8 Å². The van der Waals surface area contributed by atoms with Crippen LogP contribution < -0.4 is 0 Å². The third-order valence-corrected chi connectivity index (χ3v) is 11.2. The van der Waals surface area contributed by atoms with Crippen molar-refractivity contribution in [3.05, 3.63) is 188 Å². The maximum absolute atomic E-state index is 6.67. The lowest BCUT2D eigenvalue weighted by Gasteiger charge is -2.12. The Morgan fingerprint density at radius 3 is 1.67 bits per heavy atom. The van der Waals surface area contributed by atoms with Crippen LogP contribution in [0.4, 0.5) is 0 Å². The lowest BCUT2D eigenvalue weighted by Crippen LogP contribution is -2.06. The highest BCUT2D eigenvalue weighted by atomic mass is 16.3. The Balaban J connectivity index is 1.16. The molecule has 4 heterocycles. The minimum atomic E-state index is 0.554. The topological polar surface area (TPSA) is 61.7 Å². The van der Waals surface area contributed by atoms with Gasteiger partial charge in [0.15, 0.2) is 17.2 Å². The van der Waals surface area contributed by atoms with E-state index in [-0.39, 0.29) is 0 Å². The van der Waals surface area contributed by atoms with Crippen molar-refractivity contribution < 1.29 is 4.42 Å². The van der Waals surface area contributed by atoms with Crippen LogP contribution in [0.15, 0.2) is 192 Å². The number of para-hydroxylation sites is 4. The van der Waals surface area contributed by atoms with E-state index >= 15 is 0 Å². The molecule has 0 bridgehead atoms. The van der Waals surface area contributed by atoms with Gasteiger partial charge in [-0.15, -0.1) is 0 Å². The number of hydrogen-bond acceptors (Lipinski definition) is 4. The molecule has 8 aromatic carbocycles. The first kappa shape index (κ1) is 31.5. The number of benzene rings is 8. The minimum Gasteiger partial charge on any atom is -0.454 e. The van der Waals surface area contributed by atoms with E-state index in [4.69, 9.17) is 19.4 Å².